The molecular formula is C22H22N2O. The summed E-state index contributed by atoms with van der Waals surface area (Å²) in [6.45, 7) is 2.16. The SMILES string of the molecule is CC1CC(=O)c2c(Cc3ccccc3)c(-c3ccncc3)n(C)c2C1. The number of carbonyl (C=O) groups is 1. The van der Waals surface area contributed by atoms with Crippen LogP contribution < -0.4 is 0 Å². The molecule has 0 radical (unpaired) electrons. The normalized spacial score (nSPS) is 16.7. The third-order valence-electron chi connectivity index (χ3n) is 5.15. The van der Waals surface area contributed by atoms with Gasteiger partial charge in [-0.1, -0.05) is 37.3 Å². The fourth-order valence-electron chi connectivity index (χ4n) is 4.04. The van der Waals surface area contributed by atoms with E-state index in [0.29, 0.717) is 12.3 Å². The van der Waals surface area contributed by atoms with Gasteiger partial charge in [0.25, 0.3) is 0 Å². The summed E-state index contributed by atoms with van der Waals surface area (Å²) in [6.07, 6.45) is 6.02. The lowest BCUT2D eigenvalue weighted by atomic mass is 9.85. The van der Waals surface area contributed by atoms with Crippen LogP contribution in [0.5, 0.6) is 0 Å². The van der Waals surface area contributed by atoms with Gasteiger partial charge in [-0.3, -0.25) is 9.78 Å². The maximum atomic E-state index is 12.9. The molecule has 2 heterocycles. The molecule has 0 saturated carbocycles. The van der Waals surface area contributed by atoms with Crippen molar-refractivity contribution in [2.24, 2.45) is 13.0 Å². The zero-order chi connectivity index (χ0) is 17.4. The van der Waals surface area contributed by atoms with Crippen LogP contribution >= 0.6 is 0 Å². The molecule has 0 aliphatic heterocycles. The van der Waals surface area contributed by atoms with Gasteiger partial charge in [0, 0.05) is 49.1 Å². The number of pyridine rings is 1. The summed E-state index contributed by atoms with van der Waals surface area (Å²) >= 11 is 0. The third kappa shape index (κ3) is 2.80. The smallest absolute Gasteiger partial charge is 0.165 e. The molecule has 0 N–H and O–H groups in total. The number of Topliss-reactive ketones (excluding diaryl/α,β-unsaturated/α-hetero) is 1. The topological polar surface area (TPSA) is 34.9 Å². The van der Waals surface area contributed by atoms with Crippen LogP contribution in [0.1, 0.15) is 40.5 Å². The number of carbonyl (C=O) groups excluding carboxylic acids is 1. The summed E-state index contributed by atoms with van der Waals surface area (Å²) in [5.41, 5.74) is 6.80. The Labute approximate surface area is 148 Å². The maximum Gasteiger partial charge on any atom is 0.165 e. The molecule has 0 spiro atoms. The quantitative estimate of drug-likeness (QED) is 0.711. The van der Waals surface area contributed by atoms with Crippen LogP contribution in [0.2, 0.25) is 0 Å². The Kier molecular flexibility index (Phi) is 4.00. The van der Waals surface area contributed by atoms with Crippen molar-refractivity contribution in [3.05, 3.63) is 77.2 Å². The van der Waals surface area contributed by atoms with Gasteiger partial charge in [0.1, 0.15) is 0 Å². The van der Waals surface area contributed by atoms with Crippen LogP contribution in [0.15, 0.2) is 54.9 Å². The number of rotatable bonds is 3. The molecule has 1 aromatic carbocycles. The highest BCUT2D eigenvalue weighted by Crippen LogP contribution is 2.37. The van der Waals surface area contributed by atoms with Crippen LogP contribution in [0.3, 0.4) is 0 Å². The number of aromatic nitrogens is 2. The number of hydrogen-bond donors (Lipinski definition) is 0. The Morgan fingerprint density at radius 1 is 1.08 bits per heavy atom. The molecule has 3 nitrogen and oxygen atoms in total. The van der Waals surface area contributed by atoms with Crippen molar-refractivity contribution in [2.75, 3.05) is 0 Å². The minimum absolute atomic E-state index is 0.288. The Morgan fingerprint density at radius 2 is 1.80 bits per heavy atom. The van der Waals surface area contributed by atoms with Gasteiger partial charge in [-0.15, -0.1) is 0 Å². The fourth-order valence-corrected chi connectivity index (χ4v) is 4.04. The molecule has 2 aromatic heterocycles. The highest BCUT2D eigenvalue weighted by Gasteiger charge is 2.31. The third-order valence-corrected chi connectivity index (χ3v) is 5.15. The van der Waals surface area contributed by atoms with Gasteiger partial charge in [-0.25, -0.2) is 0 Å². The highest BCUT2D eigenvalue weighted by molar-refractivity contribution is 6.02. The maximum absolute atomic E-state index is 12.9. The summed E-state index contributed by atoms with van der Waals surface area (Å²) in [7, 11) is 2.09. The molecule has 3 heteroatoms. The van der Waals surface area contributed by atoms with Gasteiger partial charge in [0.05, 0.1) is 5.69 Å². The van der Waals surface area contributed by atoms with E-state index in [4.69, 9.17) is 0 Å². The van der Waals surface area contributed by atoms with Crippen molar-refractivity contribution < 1.29 is 4.79 Å². The highest BCUT2D eigenvalue weighted by atomic mass is 16.1. The molecule has 3 aromatic rings. The van der Waals surface area contributed by atoms with E-state index in [2.05, 4.69) is 47.8 Å². The predicted octanol–water partition coefficient (Wildman–Crippen LogP) is 4.44. The first-order valence-electron chi connectivity index (χ1n) is 8.83. The summed E-state index contributed by atoms with van der Waals surface area (Å²) in [5.74, 6) is 0.694. The van der Waals surface area contributed by atoms with E-state index in [1.54, 1.807) is 0 Å². The second-order valence-electron chi connectivity index (χ2n) is 7.04. The van der Waals surface area contributed by atoms with Gasteiger partial charge in [0.15, 0.2) is 5.78 Å². The second kappa shape index (κ2) is 6.32. The molecule has 0 fully saturated rings. The average Bonchev–Trinajstić information content (AvgIpc) is 2.89. The molecule has 1 unspecified atom stereocenters. The molecule has 25 heavy (non-hydrogen) atoms. The fraction of sp³-hybridized carbons (Fsp3) is 0.273. The van der Waals surface area contributed by atoms with Crippen molar-refractivity contribution in [2.45, 2.75) is 26.2 Å². The first-order chi connectivity index (χ1) is 12.1. The van der Waals surface area contributed by atoms with E-state index in [1.807, 2.05) is 30.6 Å². The number of fused-ring (bicyclic) bond motifs is 1. The van der Waals surface area contributed by atoms with Crippen molar-refractivity contribution in [3.63, 3.8) is 0 Å². The zero-order valence-electron chi connectivity index (χ0n) is 14.7. The first kappa shape index (κ1) is 15.8. The Bertz CT molecular complexity index is 910. The summed E-state index contributed by atoms with van der Waals surface area (Å²) in [6, 6.07) is 14.5. The Balaban J connectivity index is 1.94. The molecule has 1 aliphatic carbocycles. The number of benzene rings is 1. The number of nitrogens with zero attached hydrogens (tertiary/aromatic N) is 2. The lowest BCUT2D eigenvalue weighted by Crippen LogP contribution is -2.19. The Hall–Kier alpha value is -2.68. The molecule has 1 atom stereocenters. The molecule has 1 aliphatic rings. The second-order valence-corrected chi connectivity index (χ2v) is 7.04. The standard InChI is InChI=1S/C22H22N2O/c1-15-12-19-21(20(25)13-15)18(14-16-6-4-3-5-7-16)22(24(19)2)17-8-10-23-11-9-17/h3-11,15H,12-14H2,1-2H3. The van der Waals surface area contributed by atoms with E-state index in [0.717, 1.165) is 35.2 Å². The van der Waals surface area contributed by atoms with Crippen molar-refractivity contribution in [1.82, 2.24) is 9.55 Å². The minimum Gasteiger partial charge on any atom is -0.347 e. The largest absolute Gasteiger partial charge is 0.347 e. The van der Waals surface area contributed by atoms with Gasteiger partial charge in [-0.05, 0) is 35.6 Å². The van der Waals surface area contributed by atoms with Gasteiger partial charge < -0.3 is 4.57 Å². The first-order valence-corrected chi connectivity index (χ1v) is 8.83. The molecule has 0 amide bonds. The van der Waals surface area contributed by atoms with Crippen LogP contribution in [0.25, 0.3) is 11.3 Å². The summed E-state index contributed by atoms with van der Waals surface area (Å²) in [5, 5.41) is 0. The minimum atomic E-state index is 0.288. The average molecular weight is 330 g/mol. The van der Waals surface area contributed by atoms with Crippen LogP contribution in [0.4, 0.5) is 0 Å². The molecule has 4 rings (SSSR count). The van der Waals surface area contributed by atoms with Crippen LogP contribution in [0, 0.1) is 5.92 Å². The van der Waals surface area contributed by atoms with Crippen molar-refractivity contribution in [1.29, 1.82) is 0 Å². The molecule has 0 bridgehead atoms. The monoisotopic (exact) mass is 330 g/mol. The van der Waals surface area contributed by atoms with E-state index in [1.165, 1.54) is 11.3 Å². The van der Waals surface area contributed by atoms with Gasteiger partial charge >= 0.3 is 0 Å². The molecule has 0 saturated heterocycles. The molecule has 126 valence electrons. The van der Waals surface area contributed by atoms with Crippen LogP contribution in [-0.2, 0) is 19.9 Å². The zero-order valence-corrected chi connectivity index (χ0v) is 14.7. The van der Waals surface area contributed by atoms with Gasteiger partial charge in [-0.2, -0.15) is 0 Å². The van der Waals surface area contributed by atoms with Gasteiger partial charge in [0.2, 0.25) is 0 Å². The van der Waals surface area contributed by atoms with Crippen LogP contribution in [-0.4, -0.2) is 15.3 Å². The van der Waals surface area contributed by atoms with Crippen molar-refractivity contribution >= 4 is 5.78 Å². The predicted molar refractivity (Wildman–Crippen MR) is 99.7 cm³/mol. The Morgan fingerprint density at radius 3 is 2.52 bits per heavy atom. The number of ketones is 1. The van der Waals surface area contributed by atoms with E-state index < -0.39 is 0 Å². The number of hydrogen-bond acceptors (Lipinski definition) is 2. The lowest BCUT2D eigenvalue weighted by molar-refractivity contribution is 0.0951. The lowest BCUT2D eigenvalue weighted by Gasteiger charge is -2.19. The summed E-state index contributed by atoms with van der Waals surface area (Å²) in [4.78, 5) is 17.0. The van der Waals surface area contributed by atoms with Crippen molar-refractivity contribution in [3.8, 4) is 11.3 Å². The summed E-state index contributed by atoms with van der Waals surface area (Å²) < 4.78 is 2.23. The van der Waals surface area contributed by atoms with E-state index >= 15 is 0 Å². The molecular weight excluding hydrogens is 308 g/mol. The van der Waals surface area contributed by atoms with E-state index in [-0.39, 0.29) is 5.78 Å². The van der Waals surface area contributed by atoms with E-state index in [9.17, 15) is 4.79 Å².